The van der Waals surface area contributed by atoms with E-state index in [4.69, 9.17) is 113 Å². The van der Waals surface area contributed by atoms with Crippen molar-refractivity contribution in [3.05, 3.63) is 259 Å². The molecular formula is C63H59Cl8N11O5. The summed E-state index contributed by atoms with van der Waals surface area (Å²) >= 11 is 46.0. The summed E-state index contributed by atoms with van der Waals surface area (Å²) in [6, 6.07) is 46.8. The monoisotopic (exact) mass is 1330 g/mol. The van der Waals surface area contributed by atoms with Gasteiger partial charge in [-0.3, -0.25) is 0 Å². The molecule has 0 saturated heterocycles. The number of carbonyl (C=O) groups excluding carboxylic acids is 2. The fraction of sp³-hybridized carbons (Fsp3) is 0.159. The molecule has 10 aromatic rings. The van der Waals surface area contributed by atoms with Crippen LogP contribution in [0.5, 0.6) is 17.2 Å². The number of ether oxygens (including phenoxy) is 3. The maximum Gasteiger partial charge on any atom is 0.323 e. The van der Waals surface area contributed by atoms with Gasteiger partial charge in [-0.05, 0) is 134 Å². The lowest BCUT2D eigenvalue weighted by Gasteiger charge is -2.12. The fourth-order valence-corrected chi connectivity index (χ4v) is 9.90. The van der Waals surface area contributed by atoms with Crippen molar-refractivity contribution >= 4 is 128 Å². The minimum atomic E-state index is -0.330. The number of nitrogens with two attached hydrogens (primary N) is 1. The SMILES string of the molecule is CC(C)NC(=O)Nc1cccc(OCc2nccn2Cc2cc(Cl)cc(Cl)c2)c1.ClCCl.Nc1cccc(OCc2nccn2Cc2cc(Cl)cc(Cl)c2)c1.O=C(Nc1ccccc1)Nc1cccc(OCc2nccn2Cc2cc(Cl)cc(Cl)c2)c1. The molecule has 0 unspecified atom stereocenters. The number of amides is 4. The molecule has 7 aromatic carbocycles. The van der Waals surface area contributed by atoms with Crippen molar-refractivity contribution in [2.75, 3.05) is 27.0 Å². The van der Waals surface area contributed by atoms with Gasteiger partial charge in [0.05, 0.1) is 5.34 Å². The number of halogens is 8. The van der Waals surface area contributed by atoms with Crippen molar-refractivity contribution in [1.29, 1.82) is 0 Å². The van der Waals surface area contributed by atoms with E-state index in [1.807, 2.05) is 155 Å². The standard InChI is InChI=1S/C24H20Cl2N4O2.C21H22Cl2N4O2.C17H15Cl2N3O.CH2Cl2/c25-18-11-17(12-19(26)13-18)15-30-10-9-27-23(30)16-32-22-8-4-7-21(14-22)29-24(31)28-20-5-2-1-3-6-20;1-14(2)25-21(28)26-18-4-3-5-19(11-18)29-13-20-24-6-7-27(20)12-15-8-16(22)10-17(23)9-15;18-13-6-12(7-14(19)8-13)10-22-5-4-21-17(22)11-23-16-3-1-2-15(20)9-16;2-1-3/h1-14H,15-16H2,(H2,28,29,31);3-11,14H,12-13H2,1-2H3,(H2,25,26,28);1-9H,10-11,20H2;1H2. The number of urea groups is 2. The third-order valence-corrected chi connectivity index (χ3v) is 13.1. The number of nitrogens with zero attached hydrogens (tertiary/aromatic N) is 6. The molecule has 87 heavy (non-hydrogen) atoms. The number of hydrogen-bond acceptors (Lipinski definition) is 9. The number of nitrogens with one attached hydrogen (secondary N) is 4. The molecule has 0 saturated carbocycles. The van der Waals surface area contributed by atoms with E-state index in [1.165, 1.54) is 0 Å². The first kappa shape index (κ1) is 66.8. The van der Waals surface area contributed by atoms with Crippen LogP contribution in [-0.2, 0) is 39.5 Å². The molecule has 0 spiro atoms. The number of alkyl halides is 2. The molecule has 0 radical (unpaired) electrons. The van der Waals surface area contributed by atoms with Gasteiger partial charge in [0, 0.05) is 134 Å². The Hall–Kier alpha value is -7.77. The van der Waals surface area contributed by atoms with E-state index in [0.29, 0.717) is 96.4 Å². The summed E-state index contributed by atoms with van der Waals surface area (Å²) in [6.07, 6.45) is 10.8. The highest BCUT2D eigenvalue weighted by molar-refractivity contribution is 6.40. The van der Waals surface area contributed by atoms with Crippen LogP contribution in [0.3, 0.4) is 0 Å². The van der Waals surface area contributed by atoms with Crippen LogP contribution in [0.15, 0.2) is 195 Å². The van der Waals surface area contributed by atoms with Crippen molar-refractivity contribution < 1.29 is 23.8 Å². The Morgan fingerprint density at radius 1 is 0.448 bits per heavy atom. The van der Waals surface area contributed by atoms with Crippen LogP contribution in [0.25, 0.3) is 0 Å². The van der Waals surface area contributed by atoms with Gasteiger partial charge in [0.25, 0.3) is 0 Å². The van der Waals surface area contributed by atoms with E-state index >= 15 is 0 Å². The first-order valence-electron chi connectivity index (χ1n) is 26.6. The highest BCUT2D eigenvalue weighted by Crippen LogP contribution is 2.26. The van der Waals surface area contributed by atoms with Crippen molar-refractivity contribution in [2.45, 2.75) is 59.3 Å². The molecule has 16 nitrogen and oxygen atoms in total. The summed E-state index contributed by atoms with van der Waals surface area (Å²) in [4.78, 5) is 37.1. The lowest BCUT2D eigenvalue weighted by molar-refractivity contribution is 0.250. The van der Waals surface area contributed by atoms with E-state index < -0.39 is 0 Å². The lowest BCUT2D eigenvalue weighted by Crippen LogP contribution is -2.34. The predicted octanol–water partition coefficient (Wildman–Crippen LogP) is 17.6. The van der Waals surface area contributed by atoms with Crippen molar-refractivity contribution in [2.24, 2.45) is 0 Å². The van der Waals surface area contributed by atoms with E-state index in [9.17, 15) is 9.59 Å². The van der Waals surface area contributed by atoms with Crippen LogP contribution < -0.4 is 41.2 Å². The molecule has 4 amide bonds. The molecule has 0 atom stereocenters. The van der Waals surface area contributed by atoms with Crippen molar-refractivity contribution in [1.82, 2.24) is 34.0 Å². The first-order chi connectivity index (χ1) is 41.9. The molecule has 24 heteroatoms. The molecule has 0 aliphatic heterocycles. The van der Waals surface area contributed by atoms with E-state index in [1.54, 1.807) is 67.1 Å². The number of carbonyl (C=O) groups is 2. The normalized spacial score (nSPS) is 10.5. The number of aromatic nitrogens is 6. The summed E-state index contributed by atoms with van der Waals surface area (Å²) in [5.41, 5.74) is 11.3. The highest BCUT2D eigenvalue weighted by atomic mass is 35.5. The second kappa shape index (κ2) is 34.5. The van der Waals surface area contributed by atoms with Gasteiger partial charge in [-0.25, -0.2) is 24.5 Å². The van der Waals surface area contributed by atoms with Crippen LogP contribution in [0.2, 0.25) is 30.1 Å². The van der Waals surface area contributed by atoms with Crippen LogP contribution in [0, 0.1) is 0 Å². The van der Waals surface area contributed by atoms with Gasteiger partial charge >= 0.3 is 12.1 Å². The molecule has 10 rings (SSSR count). The number of benzene rings is 7. The van der Waals surface area contributed by atoms with Crippen LogP contribution in [-0.4, -0.2) is 52.1 Å². The first-order valence-corrected chi connectivity index (χ1v) is 29.9. The third kappa shape index (κ3) is 23.5. The largest absolute Gasteiger partial charge is 0.486 e. The van der Waals surface area contributed by atoms with Gasteiger partial charge in [-0.1, -0.05) is 106 Å². The quantitative estimate of drug-likeness (QED) is 0.0387. The maximum absolute atomic E-state index is 12.2. The molecular weight excluding hydrogens is 1270 g/mol. The van der Waals surface area contributed by atoms with Gasteiger partial charge in [0.2, 0.25) is 0 Å². The Morgan fingerprint density at radius 2 is 0.782 bits per heavy atom. The molecule has 3 aromatic heterocycles. The minimum absolute atomic E-state index is 0.0580. The fourth-order valence-electron chi connectivity index (χ4n) is 8.19. The summed E-state index contributed by atoms with van der Waals surface area (Å²) in [6.45, 7) is 6.47. The summed E-state index contributed by atoms with van der Waals surface area (Å²) < 4.78 is 23.5. The Kier molecular flexibility index (Phi) is 26.5. The van der Waals surface area contributed by atoms with Crippen molar-refractivity contribution in [3.63, 3.8) is 0 Å². The number of para-hydroxylation sites is 1. The number of imidazole rings is 3. The Balaban J connectivity index is 0.000000184. The maximum atomic E-state index is 12.2. The van der Waals surface area contributed by atoms with Gasteiger partial charge in [0.15, 0.2) is 0 Å². The number of anilines is 4. The molecule has 0 fully saturated rings. The zero-order chi connectivity index (χ0) is 62.1. The molecule has 6 N–H and O–H groups in total. The van der Waals surface area contributed by atoms with Crippen molar-refractivity contribution in [3.8, 4) is 17.2 Å². The summed E-state index contributed by atoms with van der Waals surface area (Å²) in [7, 11) is 0. The zero-order valence-electron chi connectivity index (χ0n) is 46.8. The number of hydrogen-bond donors (Lipinski definition) is 5. The number of rotatable bonds is 19. The van der Waals surface area contributed by atoms with Gasteiger partial charge in [-0.15, -0.1) is 23.2 Å². The van der Waals surface area contributed by atoms with E-state index in [0.717, 1.165) is 34.2 Å². The Morgan fingerprint density at radius 3 is 1.15 bits per heavy atom. The summed E-state index contributed by atoms with van der Waals surface area (Å²) in [5, 5.41) is 14.9. The van der Waals surface area contributed by atoms with Crippen LogP contribution in [0.1, 0.15) is 48.0 Å². The van der Waals surface area contributed by atoms with Gasteiger partial charge < -0.3 is 54.9 Å². The zero-order valence-corrected chi connectivity index (χ0v) is 52.9. The molecule has 452 valence electrons. The molecule has 3 heterocycles. The smallest absolute Gasteiger partial charge is 0.323 e. The predicted molar refractivity (Wildman–Crippen MR) is 353 cm³/mol. The third-order valence-electron chi connectivity index (χ3n) is 11.8. The van der Waals surface area contributed by atoms with E-state index in [2.05, 4.69) is 36.2 Å². The Bertz CT molecular complexity index is 3750. The Labute approximate surface area is 544 Å². The summed E-state index contributed by atoms with van der Waals surface area (Å²) in [5.74, 6) is 4.28. The highest BCUT2D eigenvalue weighted by Gasteiger charge is 2.12. The average Bonchev–Trinajstić information content (AvgIpc) is 4.18. The molecule has 0 aliphatic rings. The second-order valence-electron chi connectivity index (χ2n) is 19.0. The second-order valence-corrected chi connectivity index (χ2v) is 22.5. The van der Waals surface area contributed by atoms with Gasteiger partial charge in [0.1, 0.15) is 54.5 Å². The molecule has 0 aliphatic carbocycles. The lowest BCUT2D eigenvalue weighted by atomic mass is 10.2. The topological polar surface area (TPSA) is 189 Å². The average molecular weight is 1330 g/mol. The van der Waals surface area contributed by atoms with Crippen LogP contribution in [0.4, 0.5) is 32.3 Å². The number of nitrogen functional groups attached to an aromatic ring is 1. The van der Waals surface area contributed by atoms with E-state index in [-0.39, 0.29) is 36.7 Å². The van der Waals surface area contributed by atoms with Crippen LogP contribution >= 0.6 is 92.8 Å². The molecule has 0 bridgehead atoms. The van der Waals surface area contributed by atoms with Gasteiger partial charge in [-0.2, -0.15) is 0 Å². The minimum Gasteiger partial charge on any atom is -0.486 e.